The molecule has 0 heterocycles. The first-order valence-electron chi connectivity index (χ1n) is 4.50. The molecule has 0 amide bonds. The van der Waals surface area contributed by atoms with Gasteiger partial charge in [0.05, 0.1) is 18.7 Å². The van der Waals surface area contributed by atoms with Crippen LogP contribution in [-0.2, 0) is 22.6 Å². The van der Waals surface area contributed by atoms with Crippen LogP contribution >= 0.6 is 11.6 Å². The molecule has 82 valence electrons. The first-order chi connectivity index (χ1) is 7.22. The predicted molar refractivity (Wildman–Crippen MR) is 58.5 cm³/mol. The molecule has 0 aliphatic carbocycles. The fourth-order valence-corrected chi connectivity index (χ4v) is 1.77. The molecular formula is C11H13ClO3. The molecule has 1 rings (SSSR count). The number of carbonyl (C=O) groups is 1. The minimum atomic E-state index is 0.292. The highest BCUT2D eigenvalue weighted by Gasteiger charge is 2.09. The van der Waals surface area contributed by atoms with Crippen LogP contribution in [0.15, 0.2) is 12.1 Å². The van der Waals surface area contributed by atoms with Crippen molar-refractivity contribution in [2.24, 2.45) is 0 Å². The molecule has 1 aromatic carbocycles. The van der Waals surface area contributed by atoms with Gasteiger partial charge in [0.2, 0.25) is 0 Å². The number of rotatable bonds is 5. The van der Waals surface area contributed by atoms with Gasteiger partial charge in [-0.1, -0.05) is 11.6 Å². The van der Waals surface area contributed by atoms with Gasteiger partial charge in [-0.3, -0.25) is 0 Å². The summed E-state index contributed by atoms with van der Waals surface area (Å²) < 4.78 is 10.1. The van der Waals surface area contributed by atoms with Crippen molar-refractivity contribution in [3.05, 3.63) is 28.3 Å². The number of aldehydes is 1. The SMILES string of the molecule is COCc1cc(Cl)c(OC)c(CC=O)c1. The average Bonchev–Trinajstić information content (AvgIpc) is 2.18. The van der Waals surface area contributed by atoms with Crippen molar-refractivity contribution in [3.63, 3.8) is 0 Å². The smallest absolute Gasteiger partial charge is 0.141 e. The Bertz CT molecular complexity index is 350. The van der Waals surface area contributed by atoms with E-state index in [1.165, 1.54) is 7.11 Å². The van der Waals surface area contributed by atoms with Crippen LogP contribution < -0.4 is 4.74 Å². The minimum absolute atomic E-state index is 0.292. The second kappa shape index (κ2) is 5.73. The number of carbonyl (C=O) groups excluding carboxylic acids is 1. The molecule has 0 N–H and O–H groups in total. The van der Waals surface area contributed by atoms with Gasteiger partial charge in [0, 0.05) is 19.1 Å². The van der Waals surface area contributed by atoms with E-state index in [4.69, 9.17) is 21.1 Å². The zero-order chi connectivity index (χ0) is 11.3. The van der Waals surface area contributed by atoms with Crippen LogP contribution in [0, 0.1) is 0 Å². The zero-order valence-electron chi connectivity index (χ0n) is 8.75. The van der Waals surface area contributed by atoms with E-state index in [2.05, 4.69) is 0 Å². The lowest BCUT2D eigenvalue weighted by Crippen LogP contribution is -1.97. The van der Waals surface area contributed by atoms with Crippen molar-refractivity contribution in [1.29, 1.82) is 0 Å². The zero-order valence-corrected chi connectivity index (χ0v) is 9.50. The van der Waals surface area contributed by atoms with E-state index in [0.717, 1.165) is 17.4 Å². The third-order valence-electron chi connectivity index (χ3n) is 2.00. The van der Waals surface area contributed by atoms with Crippen molar-refractivity contribution in [2.45, 2.75) is 13.0 Å². The minimum Gasteiger partial charge on any atom is -0.495 e. The third-order valence-corrected chi connectivity index (χ3v) is 2.28. The third kappa shape index (κ3) is 2.94. The Hall–Kier alpha value is -1.06. The predicted octanol–water partition coefficient (Wildman–Crippen LogP) is 2.24. The van der Waals surface area contributed by atoms with Gasteiger partial charge in [0.15, 0.2) is 0 Å². The molecule has 0 aliphatic rings. The molecule has 3 nitrogen and oxygen atoms in total. The van der Waals surface area contributed by atoms with Crippen molar-refractivity contribution < 1.29 is 14.3 Å². The summed E-state index contributed by atoms with van der Waals surface area (Å²) >= 11 is 6.01. The number of halogens is 1. The largest absolute Gasteiger partial charge is 0.495 e. The monoisotopic (exact) mass is 228 g/mol. The summed E-state index contributed by atoms with van der Waals surface area (Å²) in [4.78, 5) is 10.5. The maximum Gasteiger partial charge on any atom is 0.141 e. The number of hydrogen-bond acceptors (Lipinski definition) is 3. The Kier molecular flexibility index (Phi) is 4.59. The summed E-state index contributed by atoms with van der Waals surface area (Å²) in [5.74, 6) is 0.559. The number of ether oxygens (including phenoxy) is 2. The Labute approximate surface area is 93.9 Å². The molecule has 0 bridgehead atoms. The van der Waals surface area contributed by atoms with Gasteiger partial charge in [-0.2, -0.15) is 0 Å². The summed E-state index contributed by atoms with van der Waals surface area (Å²) in [6.07, 6.45) is 1.12. The highest BCUT2D eigenvalue weighted by Crippen LogP contribution is 2.30. The van der Waals surface area contributed by atoms with Crippen LogP contribution in [0.5, 0.6) is 5.75 Å². The summed E-state index contributed by atoms with van der Waals surface area (Å²) in [5.41, 5.74) is 1.72. The van der Waals surface area contributed by atoms with Crippen LogP contribution in [0.4, 0.5) is 0 Å². The van der Waals surface area contributed by atoms with E-state index in [1.54, 1.807) is 13.2 Å². The highest BCUT2D eigenvalue weighted by molar-refractivity contribution is 6.32. The van der Waals surface area contributed by atoms with E-state index < -0.39 is 0 Å². The Morgan fingerprint density at radius 1 is 1.40 bits per heavy atom. The van der Waals surface area contributed by atoms with Gasteiger partial charge in [-0.25, -0.2) is 0 Å². The Morgan fingerprint density at radius 3 is 2.67 bits per heavy atom. The van der Waals surface area contributed by atoms with Crippen LogP contribution in [0.1, 0.15) is 11.1 Å². The van der Waals surface area contributed by atoms with E-state index in [-0.39, 0.29) is 0 Å². The molecule has 1 aromatic rings. The molecular weight excluding hydrogens is 216 g/mol. The van der Waals surface area contributed by atoms with Crippen LogP contribution in [0.25, 0.3) is 0 Å². The van der Waals surface area contributed by atoms with Crippen LogP contribution in [-0.4, -0.2) is 20.5 Å². The number of benzene rings is 1. The van der Waals surface area contributed by atoms with E-state index >= 15 is 0 Å². The van der Waals surface area contributed by atoms with E-state index in [9.17, 15) is 4.79 Å². The fourth-order valence-electron chi connectivity index (χ4n) is 1.43. The summed E-state index contributed by atoms with van der Waals surface area (Å²) in [6.45, 7) is 0.468. The lowest BCUT2D eigenvalue weighted by atomic mass is 10.1. The topological polar surface area (TPSA) is 35.5 Å². The average molecular weight is 229 g/mol. The first-order valence-corrected chi connectivity index (χ1v) is 4.88. The van der Waals surface area contributed by atoms with E-state index in [1.807, 2.05) is 6.07 Å². The summed E-state index contributed by atoms with van der Waals surface area (Å²) in [6, 6.07) is 3.64. The van der Waals surface area contributed by atoms with Gasteiger partial charge in [-0.05, 0) is 17.7 Å². The lowest BCUT2D eigenvalue weighted by Gasteiger charge is -2.10. The van der Waals surface area contributed by atoms with Crippen molar-refractivity contribution in [3.8, 4) is 5.75 Å². The van der Waals surface area contributed by atoms with Crippen molar-refractivity contribution in [2.75, 3.05) is 14.2 Å². The molecule has 0 saturated heterocycles. The molecule has 0 aromatic heterocycles. The normalized spacial score (nSPS) is 10.1. The van der Waals surface area contributed by atoms with Gasteiger partial charge in [0.25, 0.3) is 0 Å². The molecule has 0 saturated carbocycles. The molecule has 0 spiro atoms. The van der Waals surface area contributed by atoms with Gasteiger partial charge in [0.1, 0.15) is 12.0 Å². The second-order valence-electron chi connectivity index (χ2n) is 3.07. The van der Waals surface area contributed by atoms with Gasteiger partial charge in [-0.15, -0.1) is 0 Å². The second-order valence-corrected chi connectivity index (χ2v) is 3.48. The molecule has 4 heteroatoms. The molecule has 0 atom stereocenters. The van der Waals surface area contributed by atoms with Gasteiger partial charge >= 0.3 is 0 Å². The molecule has 0 fully saturated rings. The van der Waals surface area contributed by atoms with Crippen molar-refractivity contribution >= 4 is 17.9 Å². The summed E-state index contributed by atoms with van der Waals surface area (Å²) in [5, 5.41) is 0.504. The Balaban J connectivity index is 3.12. The fraction of sp³-hybridized carbons (Fsp3) is 0.364. The number of methoxy groups -OCH3 is 2. The van der Waals surface area contributed by atoms with E-state index in [0.29, 0.717) is 23.8 Å². The standard InChI is InChI=1S/C11H13ClO3/c1-14-7-8-5-9(3-4-13)11(15-2)10(12)6-8/h4-6H,3,7H2,1-2H3. The Morgan fingerprint density at radius 2 is 2.13 bits per heavy atom. The summed E-state index contributed by atoms with van der Waals surface area (Å²) in [7, 11) is 3.14. The molecule has 0 unspecified atom stereocenters. The van der Waals surface area contributed by atoms with Crippen LogP contribution in [0.3, 0.4) is 0 Å². The molecule has 0 aliphatic heterocycles. The highest BCUT2D eigenvalue weighted by atomic mass is 35.5. The maximum absolute atomic E-state index is 10.5. The quantitative estimate of drug-likeness (QED) is 0.725. The lowest BCUT2D eigenvalue weighted by molar-refractivity contribution is -0.107. The number of hydrogen-bond donors (Lipinski definition) is 0. The van der Waals surface area contributed by atoms with Crippen LogP contribution in [0.2, 0.25) is 5.02 Å². The molecule has 15 heavy (non-hydrogen) atoms. The maximum atomic E-state index is 10.5. The van der Waals surface area contributed by atoms with Gasteiger partial charge < -0.3 is 14.3 Å². The molecule has 0 radical (unpaired) electrons. The van der Waals surface area contributed by atoms with Crippen molar-refractivity contribution in [1.82, 2.24) is 0 Å². The first kappa shape index (κ1) is 12.0.